The Morgan fingerprint density at radius 2 is 2.38 bits per heavy atom. The van der Waals surface area contributed by atoms with Crippen LogP contribution in [-0.2, 0) is 6.42 Å². The fourth-order valence-electron chi connectivity index (χ4n) is 1.10. The minimum Gasteiger partial charge on any atom is -0.245 e. The molecule has 0 aliphatic heterocycles. The second kappa shape index (κ2) is 4.43. The molecule has 0 aromatic carbocycles. The van der Waals surface area contributed by atoms with E-state index in [1.165, 1.54) is 11.1 Å². The highest BCUT2D eigenvalue weighted by Crippen LogP contribution is 2.16. The van der Waals surface area contributed by atoms with E-state index in [0.717, 1.165) is 6.42 Å². The molecule has 1 unspecified atom stereocenters. The predicted molar refractivity (Wildman–Crippen MR) is 56.9 cm³/mol. The molecule has 0 aliphatic rings. The quantitative estimate of drug-likeness (QED) is 0.532. The third kappa shape index (κ3) is 3.19. The van der Waals surface area contributed by atoms with Crippen LogP contribution >= 0.6 is 11.6 Å². The molecule has 0 saturated heterocycles. The van der Waals surface area contributed by atoms with Crippen molar-refractivity contribution in [1.82, 2.24) is 4.98 Å². The molecular weight excluding hydrogens is 182 g/mol. The Morgan fingerprint density at radius 1 is 1.69 bits per heavy atom. The van der Waals surface area contributed by atoms with E-state index in [4.69, 9.17) is 11.6 Å². The molecule has 1 aromatic heterocycles. The maximum atomic E-state index is 5.77. The lowest BCUT2D eigenvalue weighted by molar-refractivity contribution is 0.680. The monoisotopic (exact) mass is 195 g/mol. The van der Waals surface area contributed by atoms with Crippen LogP contribution in [0.25, 0.3) is 0 Å². The molecule has 1 nitrogen and oxygen atoms in total. The number of allylic oxidation sites excluding steroid dienone is 1. The number of nitrogens with zero attached hydrogens (tertiary/aromatic N) is 1. The summed E-state index contributed by atoms with van der Waals surface area (Å²) in [6.07, 6.45) is 2.72. The van der Waals surface area contributed by atoms with Gasteiger partial charge in [0.05, 0.1) is 0 Å². The maximum Gasteiger partial charge on any atom is 0.129 e. The van der Waals surface area contributed by atoms with E-state index in [1.54, 1.807) is 6.20 Å². The van der Waals surface area contributed by atoms with Gasteiger partial charge in [-0.15, -0.1) is 0 Å². The van der Waals surface area contributed by atoms with Crippen LogP contribution < -0.4 is 0 Å². The summed E-state index contributed by atoms with van der Waals surface area (Å²) < 4.78 is 0. The van der Waals surface area contributed by atoms with Gasteiger partial charge in [-0.2, -0.15) is 0 Å². The Bertz CT molecular complexity index is 307. The molecule has 1 aromatic rings. The Balaban J connectivity index is 2.69. The van der Waals surface area contributed by atoms with E-state index >= 15 is 0 Å². The van der Waals surface area contributed by atoms with Crippen molar-refractivity contribution in [1.29, 1.82) is 0 Å². The standard InChI is InChI=1S/C11H14ClN/c1-8(2)9(3)6-10-4-5-13-11(12)7-10/h4-5,7,9H,1,6H2,2-3H3. The summed E-state index contributed by atoms with van der Waals surface area (Å²) in [5.74, 6) is 0.499. The zero-order valence-electron chi connectivity index (χ0n) is 8.05. The lowest BCUT2D eigenvalue weighted by Crippen LogP contribution is -2.00. The van der Waals surface area contributed by atoms with Crippen LogP contribution in [-0.4, -0.2) is 4.98 Å². The van der Waals surface area contributed by atoms with Gasteiger partial charge < -0.3 is 0 Å². The summed E-state index contributed by atoms with van der Waals surface area (Å²) in [4.78, 5) is 3.93. The summed E-state index contributed by atoms with van der Waals surface area (Å²) in [6.45, 7) is 8.14. The van der Waals surface area contributed by atoms with Gasteiger partial charge in [-0.05, 0) is 37.0 Å². The normalized spacial score (nSPS) is 12.5. The molecule has 1 heterocycles. The van der Waals surface area contributed by atoms with Gasteiger partial charge in [-0.1, -0.05) is 30.7 Å². The van der Waals surface area contributed by atoms with Crippen molar-refractivity contribution in [3.8, 4) is 0 Å². The Kier molecular flexibility index (Phi) is 3.49. The molecule has 0 amide bonds. The molecule has 1 rings (SSSR count). The third-order valence-corrected chi connectivity index (χ3v) is 2.38. The van der Waals surface area contributed by atoms with Gasteiger partial charge in [-0.25, -0.2) is 4.98 Å². The maximum absolute atomic E-state index is 5.77. The number of rotatable bonds is 3. The Labute approximate surface area is 84.5 Å². The van der Waals surface area contributed by atoms with Crippen LogP contribution in [0.15, 0.2) is 30.5 Å². The van der Waals surface area contributed by atoms with Gasteiger partial charge in [0, 0.05) is 6.20 Å². The molecule has 0 radical (unpaired) electrons. The van der Waals surface area contributed by atoms with Crippen LogP contribution in [0.4, 0.5) is 0 Å². The summed E-state index contributed by atoms with van der Waals surface area (Å²) in [6, 6.07) is 3.90. The van der Waals surface area contributed by atoms with Crippen LogP contribution in [0, 0.1) is 5.92 Å². The van der Waals surface area contributed by atoms with Gasteiger partial charge in [0.2, 0.25) is 0 Å². The topological polar surface area (TPSA) is 12.9 Å². The largest absolute Gasteiger partial charge is 0.245 e. The molecule has 0 fully saturated rings. The molecule has 0 aliphatic carbocycles. The molecule has 0 saturated carbocycles. The van der Waals surface area contributed by atoms with Crippen LogP contribution in [0.5, 0.6) is 0 Å². The van der Waals surface area contributed by atoms with Crippen molar-refractivity contribution in [2.24, 2.45) is 5.92 Å². The SMILES string of the molecule is C=C(C)C(C)Cc1ccnc(Cl)c1. The van der Waals surface area contributed by atoms with Crippen molar-refractivity contribution < 1.29 is 0 Å². The molecule has 2 heteroatoms. The zero-order chi connectivity index (χ0) is 9.84. The number of aromatic nitrogens is 1. The van der Waals surface area contributed by atoms with Crippen LogP contribution in [0.3, 0.4) is 0 Å². The second-order valence-electron chi connectivity index (χ2n) is 3.44. The Hall–Kier alpha value is -0.820. The smallest absolute Gasteiger partial charge is 0.129 e. The predicted octanol–water partition coefficient (Wildman–Crippen LogP) is 3.49. The summed E-state index contributed by atoms with van der Waals surface area (Å²) in [7, 11) is 0. The van der Waals surface area contributed by atoms with E-state index in [0.29, 0.717) is 11.1 Å². The number of hydrogen-bond acceptors (Lipinski definition) is 1. The molecule has 1 atom stereocenters. The minimum absolute atomic E-state index is 0.499. The third-order valence-electron chi connectivity index (χ3n) is 2.17. The summed E-state index contributed by atoms with van der Waals surface area (Å²) >= 11 is 5.77. The van der Waals surface area contributed by atoms with Gasteiger partial charge in [0.15, 0.2) is 0 Å². The zero-order valence-corrected chi connectivity index (χ0v) is 8.80. The van der Waals surface area contributed by atoms with E-state index in [2.05, 4.69) is 18.5 Å². The molecule has 0 spiro atoms. The highest BCUT2D eigenvalue weighted by molar-refractivity contribution is 6.29. The first-order valence-electron chi connectivity index (χ1n) is 4.35. The van der Waals surface area contributed by atoms with E-state index in [1.807, 2.05) is 19.1 Å². The first-order chi connectivity index (χ1) is 6.09. The van der Waals surface area contributed by atoms with Gasteiger partial charge in [-0.3, -0.25) is 0 Å². The lowest BCUT2D eigenvalue weighted by atomic mass is 9.96. The van der Waals surface area contributed by atoms with E-state index in [9.17, 15) is 0 Å². The molecule has 70 valence electrons. The number of pyridine rings is 1. The lowest BCUT2D eigenvalue weighted by Gasteiger charge is -2.10. The van der Waals surface area contributed by atoms with Gasteiger partial charge >= 0.3 is 0 Å². The highest BCUT2D eigenvalue weighted by Gasteiger charge is 2.04. The molecular formula is C11H14ClN. The molecule has 0 bridgehead atoms. The average molecular weight is 196 g/mol. The summed E-state index contributed by atoms with van der Waals surface area (Å²) in [5.41, 5.74) is 2.42. The number of hydrogen-bond donors (Lipinski definition) is 0. The van der Waals surface area contributed by atoms with E-state index < -0.39 is 0 Å². The fraction of sp³-hybridized carbons (Fsp3) is 0.364. The van der Waals surface area contributed by atoms with Gasteiger partial charge in [0.25, 0.3) is 0 Å². The van der Waals surface area contributed by atoms with E-state index in [-0.39, 0.29) is 0 Å². The van der Waals surface area contributed by atoms with Crippen molar-refractivity contribution in [2.45, 2.75) is 20.3 Å². The fourth-order valence-corrected chi connectivity index (χ4v) is 1.29. The van der Waals surface area contributed by atoms with Crippen molar-refractivity contribution in [3.63, 3.8) is 0 Å². The summed E-state index contributed by atoms with van der Waals surface area (Å²) in [5, 5.41) is 0.561. The molecule has 13 heavy (non-hydrogen) atoms. The van der Waals surface area contributed by atoms with Crippen molar-refractivity contribution in [2.75, 3.05) is 0 Å². The second-order valence-corrected chi connectivity index (χ2v) is 3.83. The average Bonchev–Trinajstić information content (AvgIpc) is 2.04. The number of halogens is 1. The van der Waals surface area contributed by atoms with Crippen molar-refractivity contribution in [3.05, 3.63) is 41.2 Å². The van der Waals surface area contributed by atoms with Crippen LogP contribution in [0.1, 0.15) is 19.4 Å². The highest BCUT2D eigenvalue weighted by atomic mass is 35.5. The van der Waals surface area contributed by atoms with Crippen LogP contribution in [0.2, 0.25) is 5.15 Å². The van der Waals surface area contributed by atoms with Gasteiger partial charge in [0.1, 0.15) is 5.15 Å². The van der Waals surface area contributed by atoms with Crippen molar-refractivity contribution >= 4 is 11.6 Å². The minimum atomic E-state index is 0.499. The Morgan fingerprint density at radius 3 is 2.92 bits per heavy atom. The molecule has 0 N–H and O–H groups in total. The first-order valence-corrected chi connectivity index (χ1v) is 4.73. The first kappa shape index (κ1) is 10.3.